The minimum atomic E-state index is -4.38. The first kappa shape index (κ1) is 58.8. The van der Waals surface area contributed by atoms with Gasteiger partial charge in [0.05, 0.1) is 49.1 Å². The molecule has 0 radical (unpaired) electrons. The summed E-state index contributed by atoms with van der Waals surface area (Å²) in [5.41, 5.74) is 12.6. The summed E-state index contributed by atoms with van der Waals surface area (Å²) in [4.78, 5) is 67.3. The second-order valence-electron chi connectivity index (χ2n) is 18.3. The van der Waals surface area contributed by atoms with Crippen LogP contribution >= 0.6 is 45.3 Å². The Morgan fingerprint density at radius 1 is 0.533 bits per heavy atom. The van der Waals surface area contributed by atoms with Crippen LogP contribution in [-0.2, 0) is 60.7 Å². The van der Waals surface area contributed by atoms with Crippen molar-refractivity contribution in [1.82, 2.24) is 19.8 Å². The maximum Gasteiger partial charge on any atom is 1.00 e. The molecule has 0 saturated heterocycles. The van der Waals surface area contributed by atoms with Crippen molar-refractivity contribution in [3.05, 3.63) is 194 Å². The summed E-state index contributed by atoms with van der Waals surface area (Å²) in [6.45, 7) is 3.05. The number of carbonyl (C=O) groups is 4. The summed E-state index contributed by atoms with van der Waals surface area (Å²) in [5, 5.41) is 9.84. The van der Waals surface area contributed by atoms with Crippen LogP contribution in [0.1, 0.15) is 78.0 Å². The van der Waals surface area contributed by atoms with Gasteiger partial charge in [-0.3, -0.25) is 9.59 Å². The Balaban J connectivity index is 0.000000242. The van der Waals surface area contributed by atoms with Crippen molar-refractivity contribution in [2.24, 2.45) is 11.8 Å². The number of hydrogen-bond donors (Lipinski definition) is 1. The van der Waals surface area contributed by atoms with Gasteiger partial charge in [-0.15, -0.1) is 45.3 Å². The minimum absolute atomic E-state index is 0. The van der Waals surface area contributed by atoms with Gasteiger partial charge in [0, 0.05) is 55.2 Å². The van der Waals surface area contributed by atoms with Crippen LogP contribution in [0.5, 0.6) is 0 Å². The molecule has 12 nitrogen and oxygen atoms in total. The van der Waals surface area contributed by atoms with Gasteiger partial charge in [0.2, 0.25) is 11.8 Å². The van der Waals surface area contributed by atoms with Crippen LogP contribution in [0, 0.1) is 11.8 Å². The molecule has 0 spiro atoms. The van der Waals surface area contributed by atoms with E-state index >= 15 is 0 Å². The zero-order valence-corrected chi connectivity index (χ0v) is 48.6. The average molecular weight is 1110 g/mol. The Labute approximate surface area is 477 Å². The maximum absolute atomic E-state index is 13.9. The van der Waals surface area contributed by atoms with Crippen molar-refractivity contribution in [2.45, 2.75) is 70.2 Å². The summed E-state index contributed by atoms with van der Waals surface area (Å²) in [6.07, 6.45) is 2.36. The van der Waals surface area contributed by atoms with Gasteiger partial charge in [0.15, 0.2) is 0 Å². The molecule has 0 fully saturated rings. The molecule has 0 unspecified atom stereocenters. The topological polar surface area (TPSA) is 184 Å². The molecule has 18 heteroatoms. The number of ketones is 2. The zero-order valence-electron chi connectivity index (χ0n) is 42.5. The van der Waals surface area contributed by atoms with E-state index in [1.807, 2.05) is 132 Å². The first-order valence-corrected chi connectivity index (χ1v) is 29.0. The minimum Gasteiger partial charge on any atom is -0.748 e. The number of anilines is 1. The molecule has 8 aromatic rings. The third kappa shape index (κ3) is 17.5. The largest absolute Gasteiger partial charge is 1.00 e. The van der Waals surface area contributed by atoms with Crippen molar-refractivity contribution in [2.75, 3.05) is 19.8 Å². The van der Waals surface area contributed by atoms with Crippen molar-refractivity contribution < 1.29 is 61.7 Å². The average Bonchev–Trinajstić information content (AvgIpc) is 4.24. The van der Waals surface area contributed by atoms with Gasteiger partial charge in [-0.1, -0.05) is 109 Å². The third-order valence-corrected chi connectivity index (χ3v) is 16.9. The van der Waals surface area contributed by atoms with Crippen LogP contribution in [-0.4, -0.2) is 70.2 Å². The second-order valence-corrected chi connectivity index (χ2v) is 23.3. The van der Waals surface area contributed by atoms with Gasteiger partial charge >= 0.3 is 29.6 Å². The molecule has 4 aromatic carbocycles. The number of nitrogens with two attached hydrogens (primary N) is 1. The van der Waals surface area contributed by atoms with Crippen molar-refractivity contribution in [1.29, 1.82) is 0 Å². The molecule has 8 rings (SSSR count). The van der Waals surface area contributed by atoms with Crippen molar-refractivity contribution >= 4 is 84.5 Å². The van der Waals surface area contributed by atoms with Crippen LogP contribution in [0.2, 0.25) is 0 Å². The number of aromatic nitrogens is 2. The SMILES string of the molecule is CC(=O)C[C@@H](Cc1ccccc1)C(=O)N(C)[C@@H](Cc1ccc(CS(=O)(=O)[O-])cc1)c1csc(-c2cccs2)n1.CC(=O)C[C@@H](Cc1ccccc1)C(=O)N(C)[C@@H](Cc1ccc(N)cc1)c1csc(-c2cccs2)n1.[Na+]. The standard InChI is InChI=1S/C29H30N2O5S3.C28H29N3O2S2.Na/c1-20(32)15-24(16-21-7-4-3-5-8-21)29(33)31(2)26(25-18-38-28(30-25)27-9-6-14-37-27)17-22-10-12-23(13-11-22)19-39(34,35)36;1-19(32)15-22(16-20-7-4-3-5-8-20)28(33)31(2)25(17-21-10-12-23(29)13-11-21)24-18-35-27(30-24)26-9-6-14-34-26;/h3-14,18,24,26H,15-17,19H2,1-2H3,(H,34,35,36);3-14,18,22,25H,15-17,29H2,1-2H3;/q;;+1/p-1/t24-,26-;22-,25-;/m00./s1. The zero-order chi connectivity index (χ0) is 52.8. The van der Waals surface area contributed by atoms with E-state index in [2.05, 4.69) is 6.07 Å². The Morgan fingerprint density at radius 2 is 0.907 bits per heavy atom. The molecule has 0 aliphatic rings. The van der Waals surface area contributed by atoms with E-state index in [4.69, 9.17) is 15.7 Å². The Hall–Kier alpha value is -5.47. The third-order valence-electron chi connectivity index (χ3n) is 12.4. The Morgan fingerprint density at radius 3 is 1.27 bits per heavy atom. The number of thiazole rings is 2. The van der Waals surface area contributed by atoms with E-state index in [-0.39, 0.29) is 71.8 Å². The molecule has 4 heterocycles. The first-order chi connectivity index (χ1) is 35.5. The summed E-state index contributed by atoms with van der Waals surface area (Å²) in [6, 6.07) is 41.4. The number of nitrogen functional groups attached to an aromatic ring is 1. The number of hydrogen-bond acceptors (Lipinski definition) is 14. The second kappa shape index (κ2) is 28.1. The predicted molar refractivity (Wildman–Crippen MR) is 298 cm³/mol. The van der Waals surface area contributed by atoms with Gasteiger partial charge in [-0.25, -0.2) is 18.4 Å². The molecular formula is C57H58N5NaO7S5. The van der Waals surface area contributed by atoms with Crippen LogP contribution in [0.3, 0.4) is 0 Å². The summed E-state index contributed by atoms with van der Waals surface area (Å²) in [7, 11) is -0.813. The summed E-state index contributed by atoms with van der Waals surface area (Å²) >= 11 is 6.34. The van der Waals surface area contributed by atoms with E-state index in [9.17, 15) is 32.1 Å². The predicted octanol–water partition coefficient (Wildman–Crippen LogP) is 8.54. The number of rotatable bonds is 22. The van der Waals surface area contributed by atoms with E-state index in [1.54, 1.807) is 82.0 Å². The quantitative estimate of drug-likeness (QED) is 0.0392. The van der Waals surface area contributed by atoms with E-state index in [0.717, 1.165) is 53.4 Å². The molecule has 75 heavy (non-hydrogen) atoms. The monoisotopic (exact) mass is 1110 g/mol. The van der Waals surface area contributed by atoms with Gasteiger partial charge in [0.25, 0.3) is 0 Å². The van der Waals surface area contributed by atoms with Crippen LogP contribution in [0.15, 0.2) is 155 Å². The molecule has 0 saturated carbocycles. The molecule has 2 N–H and O–H groups in total. The fraction of sp³-hybridized carbons (Fsp3) is 0.263. The number of thiophene rings is 2. The first-order valence-electron chi connectivity index (χ1n) is 23.9. The van der Waals surface area contributed by atoms with Crippen molar-refractivity contribution in [3.8, 4) is 19.8 Å². The van der Waals surface area contributed by atoms with Crippen LogP contribution in [0.4, 0.5) is 5.69 Å². The number of nitrogens with zero attached hydrogens (tertiary/aromatic N) is 4. The number of amides is 2. The van der Waals surface area contributed by atoms with E-state index in [1.165, 1.54) is 18.3 Å². The van der Waals surface area contributed by atoms with Gasteiger partial charge in [-0.2, -0.15) is 0 Å². The number of benzene rings is 4. The summed E-state index contributed by atoms with van der Waals surface area (Å²) in [5.74, 6) is -1.74. The van der Waals surface area contributed by atoms with E-state index < -0.39 is 33.7 Å². The Kier molecular flexibility index (Phi) is 22.0. The maximum atomic E-state index is 13.9. The fourth-order valence-electron chi connectivity index (χ4n) is 8.73. The molecule has 4 aromatic heterocycles. The smallest absolute Gasteiger partial charge is 0.748 e. The number of Topliss-reactive ketones (excluding diaryl/α,β-unsaturated/α-hetero) is 2. The van der Waals surface area contributed by atoms with Gasteiger partial charge in [-0.05, 0) is 102 Å². The normalized spacial score (nSPS) is 12.8. The van der Waals surface area contributed by atoms with E-state index in [0.29, 0.717) is 36.9 Å². The molecular weight excluding hydrogens is 1050 g/mol. The molecule has 384 valence electrons. The van der Waals surface area contributed by atoms with Crippen LogP contribution in [0.25, 0.3) is 19.8 Å². The van der Waals surface area contributed by atoms with Gasteiger partial charge in [0.1, 0.15) is 21.6 Å². The van der Waals surface area contributed by atoms with Crippen molar-refractivity contribution in [3.63, 3.8) is 0 Å². The molecule has 0 bridgehead atoms. The molecule has 2 amide bonds. The molecule has 0 aliphatic heterocycles. The number of carbonyl (C=O) groups excluding carboxylic acids is 4. The summed E-state index contributed by atoms with van der Waals surface area (Å²) < 4.78 is 33.5. The molecule has 0 aliphatic carbocycles. The van der Waals surface area contributed by atoms with Gasteiger partial charge < -0.3 is 29.7 Å². The number of likely N-dealkylation sites (N-methyl/N-ethyl adjacent to an activating group) is 2. The fourth-order valence-corrected chi connectivity index (χ4v) is 12.7. The van der Waals surface area contributed by atoms with Crippen LogP contribution < -0.4 is 35.3 Å². The Bertz CT molecular complexity index is 3190. The molecule has 4 atom stereocenters.